The summed E-state index contributed by atoms with van der Waals surface area (Å²) in [7, 11) is 0. The third-order valence-electron chi connectivity index (χ3n) is 4.46. The Morgan fingerprint density at radius 1 is 1.50 bits per heavy atom. The van der Waals surface area contributed by atoms with Gasteiger partial charge in [0.05, 0.1) is 31.3 Å². The fourth-order valence-electron chi connectivity index (χ4n) is 3.36. The number of nitrogens with one attached hydrogen (secondary N) is 1. The van der Waals surface area contributed by atoms with E-state index >= 15 is 0 Å². The zero-order valence-electron chi connectivity index (χ0n) is 12.0. The normalized spacial score (nSPS) is 27.9. The highest BCUT2D eigenvalue weighted by atomic mass is 32.1. The van der Waals surface area contributed by atoms with Gasteiger partial charge in [-0.2, -0.15) is 0 Å². The summed E-state index contributed by atoms with van der Waals surface area (Å²) in [6, 6.07) is 2.44. The van der Waals surface area contributed by atoms with Crippen molar-refractivity contribution in [3.05, 3.63) is 40.7 Å². The van der Waals surface area contributed by atoms with Crippen LogP contribution in [0.1, 0.15) is 16.1 Å². The number of aromatic nitrogens is 1. The standard InChI is InChI=1S/C15H17N3O3S/c19-15(13-8-22-9-16-13)17-12-4-18(3-10-1-2-20-5-10)14-7-21-6-11(12)14/h1-2,5,8-9,11-12,14H,3-4,6-7H2,(H,17,19)/t11-,12-,14-/m1/s1. The van der Waals surface area contributed by atoms with E-state index in [1.54, 1.807) is 23.4 Å². The van der Waals surface area contributed by atoms with Gasteiger partial charge in [-0.25, -0.2) is 4.98 Å². The Balaban J connectivity index is 1.45. The number of ether oxygens (including phenoxy) is 1. The molecule has 2 aliphatic heterocycles. The summed E-state index contributed by atoms with van der Waals surface area (Å²) in [6.45, 7) is 3.09. The number of likely N-dealkylation sites (tertiary alicyclic amines) is 1. The van der Waals surface area contributed by atoms with Crippen molar-refractivity contribution in [2.75, 3.05) is 19.8 Å². The second-order valence-electron chi connectivity index (χ2n) is 5.78. The molecule has 1 N–H and O–H groups in total. The molecule has 3 atom stereocenters. The molecule has 0 aliphatic carbocycles. The minimum absolute atomic E-state index is 0.0953. The van der Waals surface area contributed by atoms with Crippen molar-refractivity contribution >= 4 is 17.2 Å². The van der Waals surface area contributed by atoms with Crippen molar-refractivity contribution in [2.45, 2.75) is 18.6 Å². The first-order valence-electron chi connectivity index (χ1n) is 7.33. The number of thiazole rings is 1. The summed E-state index contributed by atoms with van der Waals surface area (Å²) in [5.74, 6) is 0.247. The molecule has 2 aromatic heterocycles. The van der Waals surface area contributed by atoms with Gasteiger partial charge in [-0.15, -0.1) is 11.3 Å². The number of rotatable bonds is 4. The quantitative estimate of drug-likeness (QED) is 0.922. The number of amides is 1. The second kappa shape index (κ2) is 5.83. The fourth-order valence-corrected chi connectivity index (χ4v) is 3.89. The highest BCUT2D eigenvalue weighted by Gasteiger charge is 2.45. The lowest BCUT2D eigenvalue weighted by Gasteiger charge is -2.21. The average Bonchev–Trinajstić information content (AvgIpc) is 3.27. The van der Waals surface area contributed by atoms with Gasteiger partial charge in [0.2, 0.25) is 0 Å². The first kappa shape index (κ1) is 13.9. The van der Waals surface area contributed by atoms with Gasteiger partial charge in [0.15, 0.2) is 0 Å². The number of hydrogen-bond acceptors (Lipinski definition) is 6. The first-order chi connectivity index (χ1) is 10.8. The fraction of sp³-hybridized carbons (Fsp3) is 0.467. The lowest BCUT2D eigenvalue weighted by Crippen LogP contribution is -2.41. The van der Waals surface area contributed by atoms with E-state index in [4.69, 9.17) is 9.15 Å². The topological polar surface area (TPSA) is 67.6 Å². The number of nitrogens with zero attached hydrogens (tertiary/aromatic N) is 2. The number of carbonyl (C=O) groups excluding carboxylic acids is 1. The van der Waals surface area contributed by atoms with Gasteiger partial charge in [0, 0.05) is 42.0 Å². The van der Waals surface area contributed by atoms with E-state index in [0.29, 0.717) is 24.3 Å². The highest BCUT2D eigenvalue weighted by molar-refractivity contribution is 7.07. The Bertz CT molecular complexity index is 629. The molecule has 2 saturated heterocycles. The van der Waals surface area contributed by atoms with Gasteiger partial charge in [0.25, 0.3) is 5.91 Å². The molecular weight excluding hydrogens is 302 g/mol. The lowest BCUT2D eigenvalue weighted by molar-refractivity contribution is 0.0911. The molecule has 0 aromatic carbocycles. The third kappa shape index (κ3) is 2.55. The summed E-state index contributed by atoms with van der Waals surface area (Å²) < 4.78 is 10.8. The number of hydrogen-bond donors (Lipinski definition) is 1. The van der Waals surface area contributed by atoms with Crippen LogP contribution in [0.2, 0.25) is 0 Å². The van der Waals surface area contributed by atoms with E-state index in [0.717, 1.165) is 25.3 Å². The molecule has 0 radical (unpaired) electrons. The SMILES string of the molecule is O=C(N[C@@H]1CN(Cc2ccoc2)[C@@H]2COC[C@@H]21)c1cscn1. The number of carbonyl (C=O) groups is 1. The monoisotopic (exact) mass is 319 g/mol. The molecule has 2 fully saturated rings. The molecule has 1 amide bonds. The van der Waals surface area contributed by atoms with Crippen molar-refractivity contribution in [3.63, 3.8) is 0 Å². The molecule has 0 unspecified atom stereocenters. The number of furan rings is 1. The molecule has 0 bridgehead atoms. The Labute approximate surface area is 132 Å². The summed E-state index contributed by atoms with van der Waals surface area (Å²) >= 11 is 1.43. The molecular formula is C15H17N3O3S. The maximum absolute atomic E-state index is 12.2. The van der Waals surface area contributed by atoms with Crippen LogP contribution in [0, 0.1) is 5.92 Å². The zero-order valence-corrected chi connectivity index (χ0v) is 12.8. The van der Waals surface area contributed by atoms with Gasteiger partial charge in [-0.1, -0.05) is 0 Å². The Kier molecular flexibility index (Phi) is 3.69. The minimum atomic E-state index is -0.0953. The van der Waals surface area contributed by atoms with Gasteiger partial charge >= 0.3 is 0 Å². The van der Waals surface area contributed by atoms with Crippen molar-refractivity contribution in [2.24, 2.45) is 5.92 Å². The largest absolute Gasteiger partial charge is 0.472 e. The summed E-state index contributed by atoms with van der Waals surface area (Å²) in [5.41, 5.74) is 3.32. The van der Waals surface area contributed by atoms with Gasteiger partial charge in [0.1, 0.15) is 5.69 Å². The highest BCUT2D eigenvalue weighted by Crippen LogP contribution is 2.31. The van der Waals surface area contributed by atoms with E-state index in [1.165, 1.54) is 11.3 Å². The van der Waals surface area contributed by atoms with E-state index < -0.39 is 0 Å². The molecule has 2 aliphatic rings. The van der Waals surface area contributed by atoms with Gasteiger partial charge in [-0.05, 0) is 6.07 Å². The molecule has 0 spiro atoms. The zero-order chi connectivity index (χ0) is 14.9. The van der Waals surface area contributed by atoms with E-state index in [1.807, 2.05) is 6.07 Å². The summed E-state index contributed by atoms with van der Waals surface area (Å²) in [6.07, 6.45) is 3.46. The van der Waals surface area contributed by atoms with Crippen LogP contribution in [-0.2, 0) is 11.3 Å². The van der Waals surface area contributed by atoms with Crippen LogP contribution < -0.4 is 5.32 Å². The summed E-state index contributed by atoms with van der Waals surface area (Å²) in [5, 5.41) is 4.90. The van der Waals surface area contributed by atoms with Crippen LogP contribution in [0.5, 0.6) is 0 Å². The summed E-state index contributed by atoms with van der Waals surface area (Å²) in [4.78, 5) is 18.7. The van der Waals surface area contributed by atoms with Gasteiger partial charge in [-0.3, -0.25) is 9.69 Å². The van der Waals surface area contributed by atoms with E-state index in [-0.39, 0.29) is 11.9 Å². The van der Waals surface area contributed by atoms with Crippen molar-refractivity contribution < 1.29 is 13.9 Å². The molecule has 0 saturated carbocycles. The maximum atomic E-state index is 12.2. The third-order valence-corrected chi connectivity index (χ3v) is 5.04. The molecule has 22 heavy (non-hydrogen) atoms. The Hall–Kier alpha value is -1.70. The minimum Gasteiger partial charge on any atom is -0.472 e. The molecule has 2 aromatic rings. The Morgan fingerprint density at radius 2 is 2.45 bits per heavy atom. The van der Waals surface area contributed by atoms with Crippen LogP contribution in [0.4, 0.5) is 0 Å². The van der Waals surface area contributed by atoms with Crippen molar-refractivity contribution in [3.8, 4) is 0 Å². The molecule has 4 heterocycles. The van der Waals surface area contributed by atoms with Crippen LogP contribution in [0.3, 0.4) is 0 Å². The van der Waals surface area contributed by atoms with Crippen LogP contribution in [0.15, 0.2) is 33.9 Å². The maximum Gasteiger partial charge on any atom is 0.271 e. The van der Waals surface area contributed by atoms with Crippen LogP contribution in [0.25, 0.3) is 0 Å². The second-order valence-corrected chi connectivity index (χ2v) is 6.50. The van der Waals surface area contributed by atoms with E-state index in [2.05, 4.69) is 15.2 Å². The molecule has 6 nitrogen and oxygen atoms in total. The molecule has 7 heteroatoms. The van der Waals surface area contributed by atoms with Crippen LogP contribution >= 0.6 is 11.3 Å². The Morgan fingerprint density at radius 3 is 3.23 bits per heavy atom. The molecule has 4 rings (SSSR count). The smallest absolute Gasteiger partial charge is 0.271 e. The van der Waals surface area contributed by atoms with Crippen molar-refractivity contribution in [1.29, 1.82) is 0 Å². The molecule has 116 valence electrons. The first-order valence-corrected chi connectivity index (χ1v) is 8.27. The predicted octanol–water partition coefficient (Wildman–Crippen LogP) is 1.37. The lowest BCUT2D eigenvalue weighted by atomic mass is 10.00. The number of fused-ring (bicyclic) bond motifs is 1. The predicted molar refractivity (Wildman–Crippen MR) is 80.6 cm³/mol. The van der Waals surface area contributed by atoms with Crippen LogP contribution in [-0.4, -0.2) is 47.6 Å². The van der Waals surface area contributed by atoms with Gasteiger partial charge < -0.3 is 14.5 Å². The average molecular weight is 319 g/mol. The van der Waals surface area contributed by atoms with Crippen molar-refractivity contribution in [1.82, 2.24) is 15.2 Å². The van der Waals surface area contributed by atoms with E-state index in [9.17, 15) is 4.79 Å².